The highest BCUT2D eigenvalue weighted by molar-refractivity contribution is 14.0. The van der Waals surface area contributed by atoms with Gasteiger partial charge in [0, 0.05) is 44.9 Å². The Morgan fingerprint density at radius 1 is 1.22 bits per heavy atom. The molecule has 0 radical (unpaired) electrons. The molecule has 1 saturated heterocycles. The molecule has 3 atom stereocenters. The van der Waals surface area contributed by atoms with E-state index in [9.17, 15) is 0 Å². The third kappa shape index (κ3) is 5.93. The zero-order valence-corrected chi connectivity index (χ0v) is 19.3. The van der Waals surface area contributed by atoms with Gasteiger partial charge in [-0.25, -0.2) is 0 Å². The van der Waals surface area contributed by atoms with E-state index in [-0.39, 0.29) is 24.0 Å². The van der Waals surface area contributed by atoms with Gasteiger partial charge in [0.1, 0.15) is 0 Å². The zero-order chi connectivity index (χ0) is 18.2. The minimum atomic E-state index is 0. The summed E-state index contributed by atoms with van der Waals surface area (Å²) in [5.41, 5.74) is 0.317. The molecule has 3 fully saturated rings. The summed E-state index contributed by atoms with van der Waals surface area (Å²) in [5, 5.41) is 7.13. The van der Waals surface area contributed by atoms with Crippen LogP contribution in [0.5, 0.6) is 0 Å². The second kappa shape index (κ2) is 11.8. The molecular formula is C20H38IN3O3. The van der Waals surface area contributed by atoms with Gasteiger partial charge in [0.2, 0.25) is 0 Å². The molecule has 6 nitrogen and oxygen atoms in total. The normalized spacial score (nSPS) is 29.9. The van der Waals surface area contributed by atoms with Crippen LogP contribution in [0, 0.1) is 5.41 Å². The standard InChI is InChI=1S/C20H37N3O3.HI/c1-3-25-18-14-17(20(18)9-5-4-6-10-20)23-19(21-2)22-11-7-12-26-16-8-13-24-15-16;/h16-18H,3-15H2,1-2H3,(H2,21,22,23);1H. The van der Waals surface area contributed by atoms with Crippen LogP contribution in [-0.2, 0) is 14.2 Å². The van der Waals surface area contributed by atoms with Crippen LogP contribution in [0.15, 0.2) is 4.99 Å². The molecule has 0 amide bonds. The number of nitrogens with one attached hydrogen (secondary N) is 2. The monoisotopic (exact) mass is 495 g/mol. The van der Waals surface area contributed by atoms with Crippen molar-refractivity contribution >= 4 is 29.9 Å². The molecule has 3 rings (SSSR count). The number of nitrogens with zero attached hydrogens (tertiary/aromatic N) is 1. The first kappa shape index (κ1) is 23.2. The molecule has 0 aromatic rings. The van der Waals surface area contributed by atoms with Gasteiger partial charge in [0.05, 0.1) is 18.8 Å². The molecule has 0 aromatic carbocycles. The largest absolute Gasteiger partial charge is 0.379 e. The van der Waals surface area contributed by atoms with Crippen molar-refractivity contribution in [2.75, 3.05) is 40.0 Å². The Morgan fingerprint density at radius 2 is 2.04 bits per heavy atom. The highest BCUT2D eigenvalue weighted by atomic mass is 127. The van der Waals surface area contributed by atoms with Crippen LogP contribution < -0.4 is 10.6 Å². The van der Waals surface area contributed by atoms with Crippen molar-refractivity contribution in [1.82, 2.24) is 10.6 Å². The Balaban J connectivity index is 0.00000261. The van der Waals surface area contributed by atoms with E-state index < -0.39 is 0 Å². The van der Waals surface area contributed by atoms with Crippen molar-refractivity contribution in [2.24, 2.45) is 10.4 Å². The van der Waals surface area contributed by atoms with Crippen LogP contribution in [0.4, 0.5) is 0 Å². The van der Waals surface area contributed by atoms with E-state index in [1.807, 2.05) is 7.05 Å². The highest BCUT2D eigenvalue weighted by Gasteiger charge is 2.55. The average molecular weight is 495 g/mol. The fraction of sp³-hybridized carbons (Fsp3) is 0.950. The van der Waals surface area contributed by atoms with Gasteiger partial charge in [0.15, 0.2) is 5.96 Å². The Labute approximate surface area is 181 Å². The van der Waals surface area contributed by atoms with Gasteiger partial charge in [-0.05, 0) is 39.0 Å². The van der Waals surface area contributed by atoms with Crippen LogP contribution in [-0.4, -0.2) is 64.2 Å². The lowest BCUT2D eigenvalue weighted by molar-refractivity contribution is -0.145. The maximum Gasteiger partial charge on any atom is 0.191 e. The molecule has 27 heavy (non-hydrogen) atoms. The topological polar surface area (TPSA) is 64.1 Å². The number of aliphatic imine (C=N–C) groups is 1. The summed E-state index contributed by atoms with van der Waals surface area (Å²) >= 11 is 0. The molecule has 3 aliphatic rings. The summed E-state index contributed by atoms with van der Waals surface area (Å²) in [5.74, 6) is 0.916. The summed E-state index contributed by atoms with van der Waals surface area (Å²) in [6, 6.07) is 0.484. The minimum Gasteiger partial charge on any atom is -0.379 e. The van der Waals surface area contributed by atoms with Crippen LogP contribution in [0.25, 0.3) is 0 Å². The van der Waals surface area contributed by atoms with Crippen LogP contribution in [0.1, 0.15) is 58.3 Å². The predicted molar refractivity (Wildman–Crippen MR) is 119 cm³/mol. The molecule has 0 aromatic heterocycles. The SMILES string of the molecule is CCOC1CC(NC(=NC)NCCCOC2CCOC2)C12CCCCC2.I. The molecule has 2 aliphatic carbocycles. The Hall–Kier alpha value is -0.120. The second-order valence-corrected chi connectivity index (χ2v) is 7.88. The summed E-state index contributed by atoms with van der Waals surface area (Å²) in [7, 11) is 1.86. The van der Waals surface area contributed by atoms with E-state index in [1.165, 1.54) is 32.1 Å². The van der Waals surface area contributed by atoms with E-state index in [1.54, 1.807) is 0 Å². The van der Waals surface area contributed by atoms with E-state index in [0.29, 0.717) is 23.7 Å². The molecule has 2 saturated carbocycles. The zero-order valence-electron chi connectivity index (χ0n) is 17.0. The number of rotatable bonds is 8. The van der Waals surface area contributed by atoms with Gasteiger partial charge in [-0.2, -0.15) is 0 Å². The summed E-state index contributed by atoms with van der Waals surface area (Å²) in [6.07, 6.45) is 10.4. The molecule has 0 bridgehead atoms. The predicted octanol–water partition coefficient (Wildman–Crippen LogP) is 3.09. The molecule has 1 spiro atoms. The number of ether oxygens (including phenoxy) is 3. The van der Waals surface area contributed by atoms with E-state index in [2.05, 4.69) is 22.5 Å². The van der Waals surface area contributed by atoms with Crippen molar-refractivity contribution < 1.29 is 14.2 Å². The van der Waals surface area contributed by atoms with Gasteiger partial charge in [0.25, 0.3) is 0 Å². The van der Waals surface area contributed by atoms with E-state index >= 15 is 0 Å². The summed E-state index contributed by atoms with van der Waals surface area (Å²) in [6.45, 7) is 6.17. The number of halogens is 1. The van der Waals surface area contributed by atoms with Crippen LogP contribution in [0.2, 0.25) is 0 Å². The Bertz CT molecular complexity index is 452. The highest BCUT2D eigenvalue weighted by Crippen LogP contribution is 2.53. The van der Waals surface area contributed by atoms with Gasteiger partial charge >= 0.3 is 0 Å². The smallest absolute Gasteiger partial charge is 0.191 e. The lowest BCUT2D eigenvalue weighted by Crippen LogP contribution is -2.66. The average Bonchev–Trinajstić information content (AvgIpc) is 3.19. The third-order valence-electron chi connectivity index (χ3n) is 6.33. The molecule has 1 aliphatic heterocycles. The van der Waals surface area contributed by atoms with Crippen molar-refractivity contribution in [3.63, 3.8) is 0 Å². The lowest BCUT2D eigenvalue weighted by atomic mass is 9.55. The first-order valence-electron chi connectivity index (χ1n) is 10.6. The van der Waals surface area contributed by atoms with Crippen molar-refractivity contribution in [3.8, 4) is 0 Å². The fourth-order valence-corrected chi connectivity index (χ4v) is 4.80. The minimum absolute atomic E-state index is 0. The molecule has 158 valence electrons. The maximum absolute atomic E-state index is 6.05. The van der Waals surface area contributed by atoms with Gasteiger partial charge in [-0.3, -0.25) is 4.99 Å². The van der Waals surface area contributed by atoms with Crippen LogP contribution in [0.3, 0.4) is 0 Å². The van der Waals surface area contributed by atoms with Crippen molar-refractivity contribution in [3.05, 3.63) is 0 Å². The Kier molecular flexibility index (Phi) is 10.1. The molecule has 1 heterocycles. The van der Waals surface area contributed by atoms with Crippen LogP contribution >= 0.6 is 24.0 Å². The first-order chi connectivity index (χ1) is 12.8. The molecule has 7 heteroatoms. The van der Waals surface area contributed by atoms with Gasteiger partial charge < -0.3 is 24.8 Å². The first-order valence-corrected chi connectivity index (χ1v) is 10.6. The number of hydrogen-bond donors (Lipinski definition) is 2. The number of hydrogen-bond acceptors (Lipinski definition) is 4. The molecular weight excluding hydrogens is 457 g/mol. The summed E-state index contributed by atoms with van der Waals surface area (Å²) < 4.78 is 17.2. The Morgan fingerprint density at radius 3 is 2.70 bits per heavy atom. The maximum atomic E-state index is 6.05. The molecule has 2 N–H and O–H groups in total. The van der Waals surface area contributed by atoms with Crippen molar-refractivity contribution in [1.29, 1.82) is 0 Å². The molecule has 3 unspecified atom stereocenters. The quantitative estimate of drug-likeness (QED) is 0.235. The summed E-state index contributed by atoms with van der Waals surface area (Å²) in [4.78, 5) is 4.43. The van der Waals surface area contributed by atoms with E-state index in [0.717, 1.165) is 58.2 Å². The third-order valence-corrected chi connectivity index (χ3v) is 6.33. The van der Waals surface area contributed by atoms with Crippen molar-refractivity contribution in [2.45, 2.75) is 76.5 Å². The second-order valence-electron chi connectivity index (χ2n) is 7.88. The van der Waals surface area contributed by atoms with E-state index in [4.69, 9.17) is 14.2 Å². The van der Waals surface area contributed by atoms with Gasteiger partial charge in [-0.15, -0.1) is 24.0 Å². The lowest BCUT2D eigenvalue weighted by Gasteiger charge is -2.57. The van der Waals surface area contributed by atoms with Gasteiger partial charge in [-0.1, -0.05) is 19.3 Å². The fourth-order valence-electron chi connectivity index (χ4n) is 4.80. The number of guanidine groups is 1.